The number of hydrogen-bond acceptors (Lipinski definition) is 3. The molecule has 2 aliphatic heterocycles. The van der Waals surface area contributed by atoms with Gasteiger partial charge in [-0.15, -0.1) is 5.53 Å². The third-order valence-corrected chi connectivity index (χ3v) is 4.50. The van der Waals surface area contributed by atoms with Crippen LogP contribution in [0.15, 0.2) is 54.7 Å². The monoisotopic (exact) mass is 305 g/mol. The van der Waals surface area contributed by atoms with Gasteiger partial charge in [0.05, 0.1) is 11.4 Å². The van der Waals surface area contributed by atoms with Gasteiger partial charge in [-0.2, -0.15) is 0 Å². The van der Waals surface area contributed by atoms with Crippen molar-refractivity contribution in [3.8, 4) is 0 Å². The highest BCUT2D eigenvalue weighted by atomic mass is 15.8. The van der Waals surface area contributed by atoms with E-state index in [2.05, 4.69) is 84.1 Å². The fraction of sp³-hybridized carbons (Fsp3) is 0.300. The Morgan fingerprint density at radius 2 is 1.96 bits per heavy atom. The molecule has 23 heavy (non-hydrogen) atoms. The standard InChI is InChI=1S/C20H23N3/c1-15(2)12-16-6-5-8-18(13-16)23-14-20-19-9-4-3-7-17(19)10-11-22(20)21-23/h3-9,13-15,21H,10-12H2,1-2H3. The van der Waals surface area contributed by atoms with Crippen LogP contribution in [-0.4, -0.2) is 11.6 Å². The fourth-order valence-corrected chi connectivity index (χ4v) is 3.45. The first-order chi connectivity index (χ1) is 11.2. The molecule has 0 aromatic heterocycles. The lowest BCUT2D eigenvalue weighted by Gasteiger charge is -2.29. The highest BCUT2D eigenvalue weighted by Gasteiger charge is 2.27. The maximum absolute atomic E-state index is 3.50. The summed E-state index contributed by atoms with van der Waals surface area (Å²) in [4.78, 5) is 0. The molecule has 1 N–H and O–H groups in total. The second-order valence-corrected chi connectivity index (χ2v) is 6.81. The molecule has 118 valence electrons. The van der Waals surface area contributed by atoms with E-state index in [4.69, 9.17) is 0 Å². The second-order valence-electron chi connectivity index (χ2n) is 6.81. The van der Waals surface area contributed by atoms with E-state index in [-0.39, 0.29) is 0 Å². The third kappa shape index (κ3) is 2.73. The van der Waals surface area contributed by atoms with E-state index in [1.807, 2.05) is 0 Å². The van der Waals surface area contributed by atoms with Crippen molar-refractivity contribution in [2.45, 2.75) is 26.7 Å². The number of nitrogens with zero attached hydrogens (tertiary/aromatic N) is 2. The first-order valence-corrected chi connectivity index (χ1v) is 8.43. The van der Waals surface area contributed by atoms with Crippen LogP contribution in [0.1, 0.15) is 30.5 Å². The summed E-state index contributed by atoms with van der Waals surface area (Å²) in [7, 11) is 0. The largest absolute Gasteiger partial charge is 0.288 e. The number of anilines is 1. The SMILES string of the molecule is CC(C)Cc1cccc(N2C=C3c4ccccc4CCN3N2)c1. The Hall–Kier alpha value is -2.26. The Morgan fingerprint density at radius 3 is 2.83 bits per heavy atom. The molecule has 3 heteroatoms. The molecule has 2 aliphatic rings. The average molecular weight is 305 g/mol. The Balaban J connectivity index is 1.65. The van der Waals surface area contributed by atoms with Crippen LogP contribution in [0, 0.1) is 5.92 Å². The van der Waals surface area contributed by atoms with E-state index >= 15 is 0 Å². The number of fused-ring (bicyclic) bond motifs is 3. The number of benzene rings is 2. The predicted molar refractivity (Wildman–Crippen MR) is 95.4 cm³/mol. The molecule has 0 fully saturated rings. The zero-order valence-electron chi connectivity index (χ0n) is 13.8. The van der Waals surface area contributed by atoms with Crippen molar-refractivity contribution >= 4 is 11.4 Å². The Bertz CT molecular complexity index is 748. The molecule has 0 atom stereocenters. The Morgan fingerprint density at radius 1 is 1.09 bits per heavy atom. The van der Waals surface area contributed by atoms with Crippen LogP contribution in [0.3, 0.4) is 0 Å². The van der Waals surface area contributed by atoms with Gasteiger partial charge in [0.25, 0.3) is 0 Å². The molecule has 0 spiro atoms. The first kappa shape index (κ1) is 14.3. The van der Waals surface area contributed by atoms with Gasteiger partial charge in [-0.25, -0.2) is 0 Å². The van der Waals surface area contributed by atoms with Crippen molar-refractivity contribution in [1.29, 1.82) is 0 Å². The van der Waals surface area contributed by atoms with Crippen LogP contribution < -0.4 is 10.5 Å². The quantitative estimate of drug-likeness (QED) is 0.925. The topological polar surface area (TPSA) is 18.5 Å². The van der Waals surface area contributed by atoms with E-state index in [0.717, 1.165) is 19.4 Å². The number of hydrazine groups is 2. The zero-order valence-corrected chi connectivity index (χ0v) is 13.8. The minimum absolute atomic E-state index is 0.674. The molecule has 0 saturated heterocycles. The van der Waals surface area contributed by atoms with E-state index in [0.29, 0.717) is 5.92 Å². The molecule has 0 aliphatic carbocycles. The number of rotatable bonds is 3. The summed E-state index contributed by atoms with van der Waals surface area (Å²) in [6, 6.07) is 17.5. The van der Waals surface area contributed by atoms with Crippen LogP contribution in [0.25, 0.3) is 5.70 Å². The van der Waals surface area contributed by atoms with Crippen LogP contribution in [0.4, 0.5) is 5.69 Å². The molecule has 0 amide bonds. The highest BCUT2D eigenvalue weighted by molar-refractivity contribution is 5.73. The lowest BCUT2D eigenvalue weighted by atomic mass is 9.98. The zero-order chi connectivity index (χ0) is 15.8. The third-order valence-electron chi connectivity index (χ3n) is 4.50. The minimum Gasteiger partial charge on any atom is -0.288 e. The summed E-state index contributed by atoms with van der Waals surface area (Å²) in [6.07, 6.45) is 4.42. The van der Waals surface area contributed by atoms with Crippen molar-refractivity contribution in [3.63, 3.8) is 0 Å². The number of nitrogens with one attached hydrogen (secondary N) is 1. The fourth-order valence-electron chi connectivity index (χ4n) is 3.45. The maximum Gasteiger partial charge on any atom is 0.0791 e. The maximum atomic E-state index is 3.50. The van der Waals surface area contributed by atoms with Gasteiger partial charge in [0.1, 0.15) is 0 Å². The molecule has 0 radical (unpaired) electrons. The predicted octanol–water partition coefficient (Wildman–Crippen LogP) is 3.98. The molecule has 4 rings (SSSR count). The van der Waals surface area contributed by atoms with Crippen molar-refractivity contribution in [3.05, 3.63) is 71.4 Å². The summed E-state index contributed by atoms with van der Waals surface area (Å²) in [5.74, 6) is 0.674. The molecule has 2 heterocycles. The van der Waals surface area contributed by atoms with Gasteiger partial charge in [0.2, 0.25) is 0 Å². The lowest BCUT2D eigenvalue weighted by Crippen LogP contribution is -2.42. The summed E-state index contributed by atoms with van der Waals surface area (Å²) in [5, 5.41) is 4.39. The van der Waals surface area contributed by atoms with Gasteiger partial charge in [0.15, 0.2) is 0 Å². The molecular formula is C20H23N3. The molecule has 0 saturated carbocycles. The molecule has 2 aromatic rings. The summed E-state index contributed by atoms with van der Waals surface area (Å²) >= 11 is 0. The first-order valence-electron chi connectivity index (χ1n) is 8.43. The summed E-state index contributed by atoms with van der Waals surface area (Å²) < 4.78 is 0. The normalized spacial score (nSPS) is 16.4. The summed E-state index contributed by atoms with van der Waals surface area (Å²) in [6.45, 7) is 5.53. The smallest absolute Gasteiger partial charge is 0.0791 e. The Kier molecular flexibility index (Phi) is 3.58. The van der Waals surface area contributed by atoms with E-state index in [1.54, 1.807) is 0 Å². The van der Waals surface area contributed by atoms with Crippen LogP contribution in [0.5, 0.6) is 0 Å². The van der Waals surface area contributed by atoms with E-state index in [9.17, 15) is 0 Å². The van der Waals surface area contributed by atoms with Gasteiger partial charge in [-0.3, -0.25) is 10.0 Å². The van der Waals surface area contributed by atoms with Crippen LogP contribution in [0.2, 0.25) is 0 Å². The van der Waals surface area contributed by atoms with Crippen molar-refractivity contribution in [2.24, 2.45) is 5.92 Å². The average Bonchev–Trinajstić information content (AvgIpc) is 2.99. The molecule has 0 bridgehead atoms. The van der Waals surface area contributed by atoms with Crippen molar-refractivity contribution in [2.75, 3.05) is 11.6 Å². The number of hydrogen-bond donors (Lipinski definition) is 1. The Labute approximate surface area is 138 Å². The minimum atomic E-state index is 0.674. The molecule has 0 unspecified atom stereocenters. The molecule has 3 nitrogen and oxygen atoms in total. The van der Waals surface area contributed by atoms with Gasteiger partial charge >= 0.3 is 0 Å². The van der Waals surface area contributed by atoms with E-state index in [1.165, 1.54) is 28.1 Å². The second kappa shape index (κ2) is 5.74. The van der Waals surface area contributed by atoms with Gasteiger partial charge in [-0.05, 0) is 42.0 Å². The van der Waals surface area contributed by atoms with Gasteiger partial charge in [-0.1, -0.05) is 50.2 Å². The molecular weight excluding hydrogens is 282 g/mol. The van der Waals surface area contributed by atoms with Crippen LogP contribution >= 0.6 is 0 Å². The van der Waals surface area contributed by atoms with Crippen LogP contribution in [-0.2, 0) is 12.8 Å². The lowest BCUT2D eigenvalue weighted by molar-refractivity contribution is 0.307. The highest BCUT2D eigenvalue weighted by Crippen LogP contribution is 2.32. The molecule has 2 aromatic carbocycles. The van der Waals surface area contributed by atoms with Gasteiger partial charge in [0, 0.05) is 18.3 Å². The van der Waals surface area contributed by atoms with E-state index < -0.39 is 0 Å². The summed E-state index contributed by atoms with van der Waals surface area (Å²) in [5.41, 5.74) is 10.1. The van der Waals surface area contributed by atoms with Crippen molar-refractivity contribution in [1.82, 2.24) is 10.5 Å². The van der Waals surface area contributed by atoms with Gasteiger partial charge < -0.3 is 0 Å². The van der Waals surface area contributed by atoms with Crippen molar-refractivity contribution < 1.29 is 0 Å².